The van der Waals surface area contributed by atoms with Gasteiger partial charge in [0.2, 0.25) is 0 Å². The van der Waals surface area contributed by atoms with Crippen molar-refractivity contribution in [3.8, 4) is 0 Å². The number of rotatable bonds is 6. The van der Waals surface area contributed by atoms with Crippen LogP contribution in [-0.2, 0) is 6.54 Å². The molecule has 98 valence electrons. The third-order valence-electron chi connectivity index (χ3n) is 2.75. The standard InChI is InChI=1S/C12H19N5S/c1-4-7-13-10(3)12-14-15-16-17(12)8-11-6-5-9(2)18-11/h5-6,10,13H,4,7-8H2,1-3H3. The zero-order valence-electron chi connectivity index (χ0n) is 11.1. The lowest BCUT2D eigenvalue weighted by molar-refractivity contribution is 0.505. The Labute approximate surface area is 111 Å². The summed E-state index contributed by atoms with van der Waals surface area (Å²) in [5, 5.41) is 15.4. The zero-order valence-corrected chi connectivity index (χ0v) is 11.9. The Kier molecular flexibility index (Phi) is 4.43. The maximum absolute atomic E-state index is 4.12. The minimum atomic E-state index is 0.181. The predicted octanol–water partition coefficient (Wildman–Crippen LogP) is 2.15. The SMILES string of the molecule is CCCNC(C)c1nnnn1Cc1ccc(C)s1. The van der Waals surface area contributed by atoms with E-state index in [0.717, 1.165) is 25.3 Å². The molecule has 0 aliphatic rings. The van der Waals surface area contributed by atoms with Crippen LogP contribution >= 0.6 is 11.3 Å². The molecule has 0 radical (unpaired) electrons. The van der Waals surface area contributed by atoms with Crippen LogP contribution in [-0.4, -0.2) is 26.8 Å². The van der Waals surface area contributed by atoms with Gasteiger partial charge in [-0.05, 0) is 49.4 Å². The van der Waals surface area contributed by atoms with Crippen molar-refractivity contribution < 1.29 is 0 Å². The minimum Gasteiger partial charge on any atom is -0.307 e. The second-order valence-electron chi connectivity index (χ2n) is 4.38. The third kappa shape index (κ3) is 3.14. The van der Waals surface area contributed by atoms with Gasteiger partial charge in [0.15, 0.2) is 5.82 Å². The Hall–Kier alpha value is -1.27. The summed E-state index contributed by atoms with van der Waals surface area (Å²) in [6.07, 6.45) is 1.11. The van der Waals surface area contributed by atoms with E-state index in [1.54, 1.807) is 11.3 Å². The lowest BCUT2D eigenvalue weighted by Crippen LogP contribution is -2.23. The fourth-order valence-corrected chi connectivity index (χ4v) is 2.68. The first-order valence-corrected chi connectivity index (χ1v) is 7.07. The first kappa shape index (κ1) is 13.2. The fourth-order valence-electron chi connectivity index (χ4n) is 1.80. The molecule has 0 bridgehead atoms. The van der Waals surface area contributed by atoms with E-state index in [-0.39, 0.29) is 6.04 Å². The monoisotopic (exact) mass is 265 g/mol. The van der Waals surface area contributed by atoms with E-state index >= 15 is 0 Å². The number of aryl methyl sites for hydroxylation is 1. The quantitative estimate of drug-likeness (QED) is 0.869. The fraction of sp³-hybridized carbons (Fsp3) is 0.583. The van der Waals surface area contributed by atoms with Crippen molar-refractivity contribution in [2.24, 2.45) is 0 Å². The van der Waals surface area contributed by atoms with E-state index in [2.05, 4.69) is 53.7 Å². The summed E-state index contributed by atoms with van der Waals surface area (Å²) >= 11 is 1.79. The molecule has 2 rings (SSSR count). The molecular formula is C12H19N5S. The Balaban J connectivity index is 2.07. The molecular weight excluding hydrogens is 246 g/mol. The molecule has 1 N–H and O–H groups in total. The van der Waals surface area contributed by atoms with E-state index < -0.39 is 0 Å². The molecule has 2 aromatic heterocycles. The van der Waals surface area contributed by atoms with Gasteiger partial charge in [-0.3, -0.25) is 0 Å². The zero-order chi connectivity index (χ0) is 13.0. The van der Waals surface area contributed by atoms with Crippen LogP contribution in [0.2, 0.25) is 0 Å². The van der Waals surface area contributed by atoms with Crippen LogP contribution < -0.4 is 5.32 Å². The molecule has 0 aromatic carbocycles. The normalized spacial score (nSPS) is 12.8. The molecule has 0 fully saturated rings. The Morgan fingerprint density at radius 2 is 2.28 bits per heavy atom. The highest BCUT2D eigenvalue weighted by Crippen LogP contribution is 2.17. The highest BCUT2D eigenvalue weighted by Gasteiger charge is 2.14. The highest BCUT2D eigenvalue weighted by atomic mass is 32.1. The summed E-state index contributed by atoms with van der Waals surface area (Å²) in [6.45, 7) is 8.08. The van der Waals surface area contributed by atoms with Crippen molar-refractivity contribution in [2.75, 3.05) is 6.54 Å². The van der Waals surface area contributed by atoms with E-state index in [1.807, 2.05) is 4.68 Å². The van der Waals surface area contributed by atoms with Crippen LogP contribution in [0.5, 0.6) is 0 Å². The lowest BCUT2D eigenvalue weighted by Gasteiger charge is -2.12. The molecule has 2 heterocycles. The van der Waals surface area contributed by atoms with Gasteiger partial charge >= 0.3 is 0 Å². The van der Waals surface area contributed by atoms with E-state index in [1.165, 1.54) is 9.75 Å². The summed E-state index contributed by atoms with van der Waals surface area (Å²) in [7, 11) is 0. The first-order valence-electron chi connectivity index (χ1n) is 6.25. The lowest BCUT2D eigenvalue weighted by atomic mass is 10.3. The van der Waals surface area contributed by atoms with Crippen molar-refractivity contribution in [3.05, 3.63) is 27.7 Å². The van der Waals surface area contributed by atoms with Crippen LogP contribution in [0.25, 0.3) is 0 Å². The van der Waals surface area contributed by atoms with Gasteiger partial charge in [-0.15, -0.1) is 16.4 Å². The number of nitrogens with one attached hydrogen (secondary N) is 1. The topological polar surface area (TPSA) is 55.6 Å². The molecule has 0 amide bonds. The van der Waals surface area contributed by atoms with Crippen molar-refractivity contribution >= 4 is 11.3 Å². The van der Waals surface area contributed by atoms with Gasteiger partial charge < -0.3 is 5.32 Å². The number of nitrogens with zero attached hydrogens (tertiary/aromatic N) is 4. The number of thiophene rings is 1. The Bertz CT molecular complexity index is 490. The van der Waals surface area contributed by atoms with Gasteiger partial charge in [0.1, 0.15) is 0 Å². The Morgan fingerprint density at radius 3 is 2.94 bits per heavy atom. The predicted molar refractivity (Wildman–Crippen MR) is 72.7 cm³/mol. The van der Waals surface area contributed by atoms with Crippen molar-refractivity contribution in [2.45, 2.75) is 39.8 Å². The molecule has 0 spiro atoms. The number of hydrogen-bond acceptors (Lipinski definition) is 5. The van der Waals surface area contributed by atoms with Crippen LogP contribution in [0.15, 0.2) is 12.1 Å². The molecule has 6 heteroatoms. The smallest absolute Gasteiger partial charge is 0.168 e. The summed E-state index contributed by atoms with van der Waals surface area (Å²) in [6, 6.07) is 4.44. The second kappa shape index (κ2) is 6.06. The molecule has 18 heavy (non-hydrogen) atoms. The maximum Gasteiger partial charge on any atom is 0.168 e. The molecule has 5 nitrogen and oxygen atoms in total. The molecule has 1 atom stereocenters. The van der Waals surface area contributed by atoms with E-state index in [0.29, 0.717) is 0 Å². The van der Waals surface area contributed by atoms with Gasteiger partial charge in [-0.2, -0.15) is 0 Å². The third-order valence-corrected chi connectivity index (χ3v) is 3.73. The number of aromatic nitrogens is 4. The Morgan fingerprint density at radius 1 is 1.44 bits per heavy atom. The van der Waals surface area contributed by atoms with Crippen LogP contribution in [0.4, 0.5) is 0 Å². The van der Waals surface area contributed by atoms with Gasteiger partial charge in [-0.25, -0.2) is 4.68 Å². The van der Waals surface area contributed by atoms with Crippen LogP contribution in [0.1, 0.15) is 41.9 Å². The van der Waals surface area contributed by atoms with Gasteiger partial charge in [0, 0.05) is 9.75 Å². The number of tetrazole rings is 1. The minimum absolute atomic E-state index is 0.181. The second-order valence-corrected chi connectivity index (χ2v) is 5.76. The van der Waals surface area contributed by atoms with Crippen LogP contribution in [0.3, 0.4) is 0 Å². The molecule has 0 aliphatic carbocycles. The average molecular weight is 265 g/mol. The summed E-state index contributed by atoms with van der Waals surface area (Å²) in [4.78, 5) is 2.60. The molecule has 0 saturated heterocycles. The van der Waals surface area contributed by atoms with Gasteiger partial charge in [0.25, 0.3) is 0 Å². The molecule has 1 unspecified atom stereocenters. The average Bonchev–Trinajstić information content (AvgIpc) is 2.96. The summed E-state index contributed by atoms with van der Waals surface area (Å²) < 4.78 is 1.87. The largest absolute Gasteiger partial charge is 0.307 e. The van der Waals surface area contributed by atoms with Crippen molar-refractivity contribution in [1.29, 1.82) is 0 Å². The van der Waals surface area contributed by atoms with E-state index in [4.69, 9.17) is 0 Å². The molecule has 0 saturated carbocycles. The summed E-state index contributed by atoms with van der Waals surface area (Å²) in [5.74, 6) is 0.898. The van der Waals surface area contributed by atoms with Crippen LogP contribution in [0, 0.1) is 6.92 Å². The van der Waals surface area contributed by atoms with Gasteiger partial charge in [-0.1, -0.05) is 6.92 Å². The summed E-state index contributed by atoms with van der Waals surface area (Å²) in [5.41, 5.74) is 0. The van der Waals surface area contributed by atoms with Crippen molar-refractivity contribution in [3.63, 3.8) is 0 Å². The molecule has 2 aromatic rings. The highest BCUT2D eigenvalue weighted by molar-refractivity contribution is 7.11. The van der Waals surface area contributed by atoms with E-state index in [9.17, 15) is 0 Å². The molecule has 0 aliphatic heterocycles. The number of hydrogen-bond donors (Lipinski definition) is 1. The maximum atomic E-state index is 4.12. The van der Waals surface area contributed by atoms with Crippen molar-refractivity contribution in [1.82, 2.24) is 25.5 Å². The van der Waals surface area contributed by atoms with Gasteiger partial charge in [0.05, 0.1) is 12.6 Å². The first-order chi connectivity index (χ1) is 8.70.